The number of anilines is 1. The van der Waals surface area contributed by atoms with Crippen molar-refractivity contribution in [2.75, 3.05) is 5.32 Å². The van der Waals surface area contributed by atoms with Crippen LogP contribution in [-0.2, 0) is 5.75 Å². The van der Waals surface area contributed by atoms with Gasteiger partial charge >= 0.3 is 0 Å². The second-order valence-electron chi connectivity index (χ2n) is 6.30. The average molecular weight is 408 g/mol. The lowest BCUT2D eigenvalue weighted by Gasteiger charge is -2.21. The molecule has 0 aliphatic heterocycles. The van der Waals surface area contributed by atoms with Crippen LogP contribution in [0.5, 0.6) is 0 Å². The Morgan fingerprint density at radius 3 is 2.96 bits per heavy atom. The monoisotopic (exact) mass is 407 g/mol. The predicted molar refractivity (Wildman–Crippen MR) is 106 cm³/mol. The molecule has 0 atom stereocenters. The number of nitrogens with zero attached hydrogens (tertiary/aromatic N) is 4. The molecule has 1 N–H and O–H groups in total. The number of halogens is 1. The van der Waals surface area contributed by atoms with Crippen LogP contribution >= 0.6 is 34.7 Å². The smallest absolute Gasteiger partial charge is 0.258 e. The highest BCUT2D eigenvalue weighted by Crippen LogP contribution is 2.29. The van der Waals surface area contributed by atoms with Crippen LogP contribution < -0.4 is 10.9 Å². The van der Waals surface area contributed by atoms with Crippen molar-refractivity contribution in [3.63, 3.8) is 0 Å². The summed E-state index contributed by atoms with van der Waals surface area (Å²) >= 11 is 9.03. The first-order chi connectivity index (χ1) is 12.7. The van der Waals surface area contributed by atoms with Gasteiger partial charge in [-0.1, -0.05) is 54.0 Å². The third-order valence-electron chi connectivity index (χ3n) is 4.36. The van der Waals surface area contributed by atoms with Gasteiger partial charge in [0.1, 0.15) is 5.65 Å². The molecule has 4 rings (SSSR count). The van der Waals surface area contributed by atoms with Gasteiger partial charge in [-0.3, -0.25) is 9.20 Å². The molecule has 1 fully saturated rings. The summed E-state index contributed by atoms with van der Waals surface area (Å²) in [5.41, 5.74) is 1.18. The average Bonchev–Trinajstić information content (AvgIpc) is 3.09. The zero-order chi connectivity index (χ0) is 17.9. The van der Waals surface area contributed by atoms with Crippen molar-refractivity contribution in [3.05, 3.63) is 45.5 Å². The minimum absolute atomic E-state index is 0.134. The molecule has 0 bridgehead atoms. The van der Waals surface area contributed by atoms with E-state index in [2.05, 4.69) is 20.5 Å². The van der Waals surface area contributed by atoms with Crippen molar-refractivity contribution >= 4 is 45.5 Å². The summed E-state index contributed by atoms with van der Waals surface area (Å²) in [5.74, 6) is 0.576. The maximum Gasteiger partial charge on any atom is 0.258 e. The normalized spacial score (nSPS) is 15.4. The maximum atomic E-state index is 12.2. The number of hydrogen-bond donors (Lipinski definition) is 1. The molecule has 3 aromatic heterocycles. The van der Waals surface area contributed by atoms with Gasteiger partial charge in [-0.05, 0) is 25.0 Å². The third-order valence-corrected chi connectivity index (χ3v) is 6.60. The maximum absolute atomic E-state index is 12.2. The molecule has 0 saturated heterocycles. The van der Waals surface area contributed by atoms with Crippen molar-refractivity contribution in [2.45, 2.75) is 48.2 Å². The predicted octanol–water partition coefficient (Wildman–Crippen LogP) is 4.24. The van der Waals surface area contributed by atoms with Crippen LogP contribution in [0.15, 0.2) is 33.5 Å². The van der Waals surface area contributed by atoms with Crippen LogP contribution in [-0.4, -0.2) is 25.6 Å². The molecule has 26 heavy (non-hydrogen) atoms. The van der Waals surface area contributed by atoms with Gasteiger partial charge in [0.25, 0.3) is 5.56 Å². The summed E-state index contributed by atoms with van der Waals surface area (Å²) in [6, 6.07) is 5.53. The van der Waals surface area contributed by atoms with E-state index < -0.39 is 0 Å². The lowest BCUT2D eigenvalue weighted by Crippen LogP contribution is -2.21. The van der Waals surface area contributed by atoms with E-state index in [0.717, 1.165) is 15.2 Å². The minimum Gasteiger partial charge on any atom is -0.357 e. The Morgan fingerprint density at radius 2 is 2.12 bits per heavy atom. The van der Waals surface area contributed by atoms with Crippen LogP contribution in [0, 0.1) is 0 Å². The highest BCUT2D eigenvalue weighted by molar-refractivity contribution is 8.00. The van der Waals surface area contributed by atoms with E-state index >= 15 is 0 Å². The molecule has 9 heteroatoms. The molecule has 0 aromatic carbocycles. The van der Waals surface area contributed by atoms with Crippen LogP contribution in [0.4, 0.5) is 5.13 Å². The molecular weight excluding hydrogens is 390 g/mol. The molecule has 1 saturated carbocycles. The lowest BCUT2D eigenvalue weighted by atomic mass is 9.96. The van der Waals surface area contributed by atoms with Crippen LogP contribution in [0.25, 0.3) is 5.65 Å². The number of hydrogen-bond acceptors (Lipinski definition) is 7. The van der Waals surface area contributed by atoms with Crippen molar-refractivity contribution in [1.29, 1.82) is 0 Å². The van der Waals surface area contributed by atoms with Gasteiger partial charge in [-0.15, -0.1) is 10.2 Å². The van der Waals surface area contributed by atoms with Crippen molar-refractivity contribution < 1.29 is 0 Å². The van der Waals surface area contributed by atoms with Gasteiger partial charge < -0.3 is 5.32 Å². The second-order valence-corrected chi connectivity index (χ2v) is 8.94. The number of fused-ring (bicyclic) bond motifs is 1. The molecule has 0 spiro atoms. The van der Waals surface area contributed by atoms with E-state index in [1.807, 2.05) is 0 Å². The van der Waals surface area contributed by atoms with E-state index in [0.29, 0.717) is 22.5 Å². The first kappa shape index (κ1) is 17.8. The van der Waals surface area contributed by atoms with E-state index in [1.165, 1.54) is 36.5 Å². The van der Waals surface area contributed by atoms with E-state index in [9.17, 15) is 4.79 Å². The zero-order valence-corrected chi connectivity index (χ0v) is 16.4. The number of aromatic nitrogens is 4. The van der Waals surface area contributed by atoms with Gasteiger partial charge in [0.15, 0.2) is 4.34 Å². The second kappa shape index (κ2) is 7.94. The van der Waals surface area contributed by atoms with Crippen LogP contribution in [0.3, 0.4) is 0 Å². The molecule has 136 valence electrons. The van der Waals surface area contributed by atoms with Gasteiger partial charge in [-0.25, -0.2) is 4.98 Å². The topological polar surface area (TPSA) is 72.2 Å². The Labute approximate surface area is 164 Å². The SMILES string of the molecule is O=c1cc(CSc2nnc(NC3CCCCC3)s2)nc2ccc(Cl)cn12. The van der Waals surface area contributed by atoms with Gasteiger partial charge in [0, 0.05) is 24.1 Å². The fourth-order valence-corrected chi connectivity index (χ4v) is 4.97. The van der Waals surface area contributed by atoms with Gasteiger partial charge in [-0.2, -0.15) is 0 Å². The summed E-state index contributed by atoms with van der Waals surface area (Å²) in [4.78, 5) is 16.7. The van der Waals surface area contributed by atoms with Gasteiger partial charge in [0.05, 0.1) is 10.7 Å². The highest BCUT2D eigenvalue weighted by atomic mass is 35.5. The molecule has 3 aromatic rings. The van der Waals surface area contributed by atoms with Crippen molar-refractivity contribution in [3.8, 4) is 0 Å². The molecule has 1 aliphatic rings. The molecule has 0 unspecified atom stereocenters. The van der Waals surface area contributed by atoms with Gasteiger partial charge in [0.2, 0.25) is 5.13 Å². The van der Waals surface area contributed by atoms with E-state index in [-0.39, 0.29) is 5.56 Å². The molecule has 6 nitrogen and oxygen atoms in total. The molecule has 0 amide bonds. The summed E-state index contributed by atoms with van der Waals surface area (Å²) in [6.45, 7) is 0. The minimum atomic E-state index is -0.134. The number of thioether (sulfide) groups is 1. The fraction of sp³-hybridized carbons (Fsp3) is 0.412. The molecule has 3 heterocycles. The van der Waals surface area contributed by atoms with E-state index in [1.54, 1.807) is 47.5 Å². The summed E-state index contributed by atoms with van der Waals surface area (Å²) in [6.07, 6.45) is 7.89. The number of nitrogens with one attached hydrogen (secondary N) is 1. The Hall–Kier alpha value is -1.64. The van der Waals surface area contributed by atoms with Crippen LogP contribution in [0.1, 0.15) is 37.8 Å². The first-order valence-corrected chi connectivity index (χ1v) is 10.8. The number of rotatable bonds is 5. The first-order valence-electron chi connectivity index (χ1n) is 8.58. The molecular formula is C17H18ClN5OS2. The Kier molecular flexibility index (Phi) is 5.42. The zero-order valence-electron chi connectivity index (χ0n) is 14.0. The largest absolute Gasteiger partial charge is 0.357 e. The molecule has 0 radical (unpaired) electrons. The highest BCUT2D eigenvalue weighted by Gasteiger charge is 2.15. The third kappa shape index (κ3) is 4.19. The Balaban J connectivity index is 1.42. The summed E-state index contributed by atoms with van der Waals surface area (Å²) in [5, 5.41) is 13.3. The van der Waals surface area contributed by atoms with Crippen molar-refractivity contribution in [1.82, 2.24) is 19.6 Å². The fourth-order valence-electron chi connectivity index (χ4n) is 3.08. The quantitative estimate of drug-likeness (QED) is 0.638. The van der Waals surface area contributed by atoms with Crippen LogP contribution in [0.2, 0.25) is 5.02 Å². The number of pyridine rings is 1. The van der Waals surface area contributed by atoms with Crippen molar-refractivity contribution in [2.24, 2.45) is 0 Å². The standard InChI is InChI=1S/C17H18ClN5OS2/c18-11-6-7-14-19-13(8-15(24)23(14)9-11)10-25-17-22-21-16(26-17)20-12-4-2-1-3-5-12/h6-9,12H,1-5,10H2,(H,20,21). The molecule has 1 aliphatic carbocycles. The summed E-state index contributed by atoms with van der Waals surface area (Å²) in [7, 11) is 0. The Bertz CT molecular complexity index is 967. The van der Waals surface area contributed by atoms with E-state index in [4.69, 9.17) is 11.6 Å². The lowest BCUT2D eigenvalue weighted by molar-refractivity contribution is 0.462. The summed E-state index contributed by atoms with van der Waals surface area (Å²) < 4.78 is 2.33. The Morgan fingerprint density at radius 1 is 1.27 bits per heavy atom.